The quantitative estimate of drug-likeness (QED) is 0.786. The molecule has 0 unspecified atom stereocenters. The van der Waals surface area contributed by atoms with E-state index in [1.54, 1.807) is 11.3 Å². The Kier molecular flexibility index (Phi) is 4.62. The lowest BCUT2D eigenvalue weighted by molar-refractivity contribution is -0.137. The summed E-state index contributed by atoms with van der Waals surface area (Å²) in [5.74, 6) is -0.714. The Hall–Kier alpha value is -0.870. The topological polar surface area (TPSA) is 40.5 Å². The van der Waals surface area contributed by atoms with Crippen molar-refractivity contribution in [2.45, 2.75) is 19.4 Å². The number of rotatable bonds is 6. The molecule has 4 heteroatoms. The number of carboxylic acids is 1. The van der Waals surface area contributed by atoms with E-state index in [1.807, 2.05) is 7.05 Å². The molecule has 0 aliphatic heterocycles. The van der Waals surface area contributed by atoms with Crippen LogP contribution in [0.1, 0.15) is 18.4 Å². The van der Waals surface area contributed by atoms with Gasteiger partial charge in [0.05, 0.1) is 0 Å². The maximum Gasteiger partial charge on any atom is 0.303 e. The highest BCUT2D eigenvalue weighted by Gasteiger charge is 2.02. The molecule has 0 amide bonds. The largest absolute Gasteiger partial charge is 0.481 e. The van der Waals surface area contributed by atoms with Crippen molar-refractivity contribution in [3.63, 3.8) is 0 Å². The maximum atomic E-state index is 10.3. The SMILES string of the molecule is CN(CCCC(=O)O)Cc1ccsc1. The van der Waals surface area contributed by atoms with Crippen LogP contribution in [-0.4, -0.2) is 29.6 Å². The highest BCUT2D eigenvalue weighted by atomic mass is 32.1. The summed E-state index contributed by atoms with van der Waals surface area (Å²) in [5.41, 5.74) is 1.30. The minimum Gasteiger partial charge on any atom is -0.481 e. The number of hydrogen-bond donors (Lipinski definition) is 1. The van der Waals surface area contributed by atoms with E-state index in [0.717, 1.165) is 19.5 Å². The number of hydrogen-bond acceptors (Lipinski definition) is 3. The summed E-state index contributed by atoms with van der Waals surface area (Å²) < 4.78 is 0. The van der Waals surface area contributed by atoms with E-state index in [0.29, 0.717) is 0 Å². The Morgan fingerprint density at radius 3 is 3.00 bits per heavy atom. The van der Waals surface area contributed by atoms with E-state index >= 15 is 0 Å². The van der Waals surface area contributed by atoms with E-state index in [4.69, 9.17) is 5.11 Å². The zero-order valence-corrected chi connectivity index (χ0v) is 9.09. The van der Waals surface area contributed by atoms with Crippen LogP contribution in [0, 0.1) is 0 Å². The van der Waals surface area contributed by atoms with Gasteiger partial charge in [0, 0.05) is 13.0 Å². The molecule has 0 spiro atoms. The summed E-state index contributed by atoms with van der Waals surface area (Å²) in [6, 6.07) is 2.10. The normalized spacial score (nSPS) is 10.7. The average Bonchev–Trinajstić information content (AvgIpc) is 2.56. The molecule has 0 saturated carbocycles. The highest BCUT2D eigenvalue weighted by molar-refractivity contribution is 7.07. The van der Waals surface area contributed by atoms with E-state index in [-0.39, 0.29) is 6.42 Å². The van der Waals surface area contributed by atoms with Crippen molar-refractivity contribution in [3.05, 3.63) is 22.4 Å². The predicted molar refractivity (Wildman–Crippen MR) is 57.5 cm³/mol. The van der Waals surface area contributed by atoms with E-state index < -0.39 is 5.97 Å². The molecule has 14 heavy (non-hydrogen) atoms. The molecule has 0 atom stereocenters. The molecule has 0 fully saturated rings. The molecule has 3 nitrogen and oxygen atoms in total. The Balaban J connectivity index is 2.16. The third-order valence-electron chi connectivity index (χ3n) is 1.96. The third-order valence-corrected chi connectivity index (χ3v) is 2.70. The Labute approximate surface area is 88.0 Å². The van der Waals surface area contributed by atoms with Gasteiger partial charge in [-0.1, -0.05) is 0 Å². The Morgan fingerprint density at radius 2 is 2.43 bits per heavy atom. The van der Waals surface area contributed by atoms with Gasteiger partial charge in [-0.25, -0.2) is 0 Å². The second kappa shape index (κ2) is 5.78. The van der Waals surface area contributed by atoms with Crippen molar-refractivity contribution in [2.24, 2.45) is 0 Å². The molecule has 0 radical (unpaired) electrons. The Bertz CT molecular complexity index is 272. The van der Waals surface area contributed by atoms with E-state index in [2.05, 4.69) is 21.7 Å². The maximum absolute atomic E-state index is 10.3. The van der Waals surface area contributed by atoms with Crippen LogP contribution in [0.2, 0.25) is 0 Å². The molecule has 0 saturated heterocycles. The van der Waals surface area contributed by atoms with Gasteiger partial charge in [0.25, 0.3) is 0 Å². The van der Waals surface area contributed by atoms with Crippen molar-refractivity contribution in [1.82, 2.24) is 4.90 Å². The highest BCUT2D eigenvalue weighted by Crippen LogP contribution is 2.08. The zero-order chi connectivity index (χ0) is 10.4. The van der Waals surface area contributed by atoms with Crippen LogP contribution in [0.25, 0.3) is 0 Å². The zero-order valence-electron chi connectivity index (χ0n) is 8.27. The molecule has 78 valence electrons. The third kappa shape index (κ3) is 4.39. The van der Waals surface area contributed by atoms with Crippen LogP contribution >= 0.6 is 11.3 Å². The van der Waals surface area contributed by atoms with E-state index in [9.17, 15) is 4.79 Å². The molecular weight excluding hydrogens is 198 g/mol. The molecule has 1 aromatic heterocycles. The molecular formula is C10H15NO2S. The first-order chi connectivity index (χ1) is 6.68. The second-order valence-corrected chi connectivity index (χ2v) is 4.15. The van der Waals surface area contributed by atoms with Crippen molar-refractivity contribution >= 4 is 17.3 Å². The monoisotopic (exact) mass is 213 g/mol. The van der Waals surface area contributed by atoms with Gasteiger partial charge in [-0.15, -0.1) is 0 Å². The molecule has 1 N–H and O–H groups in total. The van der Waals surface area contributed by atoms with Crippen LogP contribution in [-0.2, 0) is 11.3 Å². The minimum atomic E-state index is -0.714. The summed E-state index contributed by atoms with van der Waals surface area (Å²) in [5, 5.41) is 12.6. The lowest BCUT2D eigenvalue weighted by Gasteiger charge is -2.14. The number of nitrogens with zero attached hydrogens (tertiary/aromatic N) is 1. The Morgan fingerprint density at radius 1 is 1.64 bits per heavy atom. The minimum absolute atomic E-state index is 0.258. The summed E-state index contributed by atoms with van der Waals surface area (Å²) in [6.45, 7) is 1.74. The molecule has 1 rings (SSSR count). The van der Waals surface area contributed by atoms with Crippen molar-refractivity contribution in [2.75, 3.05) is 13.6 Å². The number of carbonyl (C=O) groups is 1. The molecule has 0 aliphatic carbocycles. The van der Waals surface area contributed by atoms with Gasteiger partial charge in [-0.2, -0.15) is 11.3 Å². The summed E-state index contributed by atoms with van der Waals surface area (Å²) in [4.78, 5) is 12.4. The molecule has 1 aromatic rings. The van der Waals surface area contributed by atoms with Crippen LogP contribution < -0.4 is 0 Å². The second-order valence-electron chi connectivity index (χ2n) is 3.37. The number of carboxylic acid groups (broad SMARTS) is 1. The lowest BCUT2D eigenvalue weighted by atomic mass is 10.2. The van der Waals surface area contributed by atoms with Crippen molar-refractivity contribution in [3.8, 4) is 0 Å². The summed E-state index contributed by atoms with van der Waals surface area (Å²) in [7, 11) is 2.01. The first-order valence-corrected chi connectivity index (χ1v) is 5.54. The summed E-state index contributed by atoms with van der Waals surface area (Å²) in [6.07, 6.45) is 0.976. The number of aliphatic carboxylic acids is 1. The van der Waals surface area contributed by atoms with Gasteiger partial charge >= 0.3 is 5.97 Å². The van der Waals surface area contributed by atoms with Crippen molar-refractivity contribution in [1.29, 1.82) is 0 Å². The van der Waals surface area contributed by atoms with Crippen LogP contribution in [0.3, 0.4) is 0 Å². The fourth-order valence-corrected chi connectivity index (χ4v) is 1.93. The first kappa shape index (κ1) is 11.2. The standard InChI is InChI=1S/C10H15NO2S/c1-11(5-2-3-10(12)13)7-9-4-6-14-8-9/h4,6,8H,2-3,5,7H2,1H3,(H,12,13). The molecule has 0 aromatic carbocycles. The fourth-order valence-electron chi connectivity index (χ4n) is 1.27. The summed E-state index contributed by atoms with van der Waals surface area (Å²) >= 11 is 1.69. The van der Waals surface area contributed by atoms with Crippen LogP contribution in [0.5, 0.6) is 0 Å². The molecule has 1 heterocycles. The van der Waals surface area contributed by atoms with Crippen LogP contribution in [0.4, 0.5) is 0 Å². The van der Waals surface area contributed by atoms with Gasteiger partial charge < -0.3 is 10.0 Å². The molecule has 0 aliphatic rings. The van der Waals surface area contributed by atoms with Gasteiger partial charge in [0.15, 0.2) is 0 Å². The van der Waals surface area contributed by atoms with Crippen LogP contribution in [0.15, 0.2) is 16.8 Å². The van der Waals surface area contributed by atoms with Gasteiger partial charge in [0.2, 0.25) is 0 Å². The average molecular weight is 213 g/mol. The molecule has 0 bridgehead atoms. The van der Waals surface area contributed by atoms with Gasteiger partial charge in [-0.05, 0) is 42.4 Å². The van der Waals surface area contributed by atoms with Gasteiger partial charge in [-0.3, -0.25) is 4.79 Å². The smallest absolute Gasteiger partial charge is 0.303 e. The van der Waals surface area contributed by atoms with E-state index in [1.165, 1.54) is 5.56 Å². The van der Waals surface area contributed by atoms with Crippen molar-refractivity contribution < 1.29 is 9.90 Å². The first-order valence-electron chi connectivity index (χ1n) is 4.60. The predicted octanol–water partition coefficient (Wildman–Crippen LogP) is 2.04. The van der Waals surface area contributed by atoms with Gasteiger partial charge in [0.1, 0.15) is 0 Å². The lowest BCUT2D eigenvalue weighted by Crippen LogP contribution is -2.19. The fraction of sp³-hybridized carbons (Fsp3) is 0.500. The number of thiophene rings is 1.